The maximum atomic E-state index is 10.9. The molecule has 0 rings (SSSR count). The molecule has 10 heteroatoms. The quantitative estimate of drug-likeness (QED) is 0.292. The molecule has 0 spiro atoms. The van der Waals surface area contributed by atoms with Crippen LogP contribution in [0.25, 0.3) is 0 Å². The zero-order valence-corrected chi connectivity index (χ0v) is 8.74. The first-order chi connectivity index (χ1) is 7.19. The van der Waals surface area contributed by atoms with Crippen molar-refractivity contribution in [1.82, 2.24) is 0 Å². The standard InChI is InChI=1S/C6H12O9S/c7-1-3(8)5(10)6(11)4(9)2-15-16(12,13)14/h3,5-8,10-11H,1-2H2,(H,12,13,14)/t3-,5-,6-/m1/s1. The van der Waals surface area contributed by atoms with Crippen molar-refractivity contribution in [3.05, 3.63) is 0 Å². The second-order valence-corrected chi connectivity index (χ2v) is 3.93. The van der Waals surface area contributed by atoms with Crippen LogP contribution in [-0.2, 0) is 19.4 Å². The van der Waals surface area contributed by atoms with Crippen molar-refractivity contribution in [2.45, 2.75) is 18.3 Å². The maximum absolute atomic E-state index is 10.9. The van der Waals surface area contributed by atoms with E-state index < -0.39 is 47.7 Å². The van der Waals surface area contributed by atoms with Crippen LogP contribution in [0, 0.1) is 0 Å². The van der Waals surface area contributed by atoms with Crippen molar-refractivity contribution in [2.24, 2.45) is 0 Å². The van der Waals surface area contributed by atoms with Crippen LogP contribution in [0.4, 0.5) is 0 Å². The second-order valence-electron chi connectivity index (χ2n) is 2.84. The first-order valence-corrected chi connectivity index (χ1v) is 5.35. The molecule has 5 N–H and O–H groups in total. The van der Waals surface area contributed by atoms with Crippen molar-refractivity contribution in [3.8, 4) is 0 Å². The Labute approximate surface area is 90.9 Å². The number of carbonyl (C=O) groups excluding carboxylic acids is 1. The van der Waals surface area contributed by atoms with Crippen molar-refractivity contribution in [3.63, 3.8) is 0 Å². The molecule has 0 saturated carbocycles. The molecule has 0 saturated heterocycles. The van der Waals surface area contributed by atoms with Gasteiger partial charge in [0.05, 0.1) is 6.61 Å². The van der Waals surface area contributed by atoms with Crippen molar-refractivity contribution >= 4 is 16.2 Å². The van der Waals surface area contributed by atoms with Crippen LogP contribution >= 0.6 is 0 Å². The lowest BCUT2D eigenvalue weighted by Gasteiger charge is -2.19. The summed E-state index contributed by atoms with van der Waals surface area (Å²) in [6, 6.07) is 0. The zero-order valence-electron chi connectivity index (χ0n) is 7.92. The molecule has 9 nitrogen and oxygen atoms in total. The minimum absolute atomic E-state index is 0.898. The Kier molecular flexibility index (Phi) is 5.96. The number of aliphatic hydroxyl groups excluding tert-OH is 4. The summed E-state index contributed by atoms with van der Waals surface area (Å²) in [5.41, 5.74) is 0. The minimum atomic E-state index is -4.83. The Morgan fingerprint density at radius 3 is 2.12 bits per heavy atom. The Balaban J connectivity index is 4.29. The van der Waals surface area contributed by atoms with E-state index >= 15 is 0 Å². The van der Waals surface area contributed by atoms with Crippen LogP contribution in [0.5, 0.6) is 0 Å². The van der Waals surface area contributed by atoms with Gasteiger partial charge < -0.3 is 20.4 Å². The number of aliphatic hydroxyl groups is 4. The van der Waals surface area contributed by atoms with E-state index in [1.54, 1.807) is 0 Å². The topological polar surface area (TPSA) is 162 Å². The summed E-state index contributed by atoms with van der Waals surface area (Å²) < 4.78 is 31.9. The molecule has 0 radical (unpaired) electrons. The molecule has 16 heavy (non-hydrogen) atoms. The zero-order chi connectivity index (χ0) is 12.9. The predicted molar refractivity (Wildman–Crippen MR) is 47.6 cm³/mol. The van der Waals surface area contributed by atoms with E-state index in [9.17, 15) is 13.2 Å². The Bertz CT molecular complexity index is 323. The molecule has 0 aliphatic heterocycles. The number of Topliss-reactive ketones (excluding diaryl/α,β-unsaturated/α-hetero) is 1. The fourth-order valence-electron chi connectivity index (χ4n) is 0.727. The summed E-state index contributed by atoms with van der Waals surface area (Å²) in [4.78, 5) is 10.9. The molecule has 96 valence electrons. The van der Waals surface area contributed by atoms with Gasteiger partial charge in [0.15, 0.2) is 5.78 Å². The summed E-state index contributed by atoms with van der Waals surface area (Å²) in [7, 11) is -4.83. The summed E-state index contributed by atoms with van der Waals surface area (Å²) in [5, 5.41) is 35.3. The molecule has 0 aliphatic carbocycles. The van der Waals surface area contributed by atoms with Crippen molar-refractivity contribution in [1.29, 1.82) is 0 Å². The van der Waals surface area contributed by atoms with Gasteiger partial charge in [-0.15, -0.1) is 0 Å². The number of carbonyl (C=O) groups is 1. The third-order valence-electron chi connectivity index (χ3n) is 1.58. The van der Waals surface area contributed by atoms with Crippen LogP contribution in [-0.4, -0.2) is 70.7 Å². The lowest BCUT2D eigenvalue weighted by atomic mass is 10.1. The predicted octanol–water partition coefficient (Wildman–Crippen LogP) is -3.55. The highest BCUT2D eigenvalue weighted by atomic mass is 32.3. The Hall–Kier alpha value is -0.620. The van der Waals surface area contributed by atoms with Crippen molar-refractivity contribution in [2.75, 3.05) is 13.2 Å². The van der Waals surface area contributed by atoms with Gasteiger partial charge in [-0.2, -0.15) is 8.42 Å². The van der Waals surface area contributed by atoms with Gasteiger partial charge in [-0.3, -0.25) is 9.35 Å². The highest BCUT2D eigenvalue weighted by molar-refractivity contribution is 7.80. The highest BCUT2D eigenvalue weighted by Crippen LogP contribution is 2.02. The monoisotopic (exact) mass is 260 g/mol. The molecule has 0 amide bonds. The van der Waals surface area contributed by atoms with Gasteiger partial charge in [0, 0.05) is 0 Å². The summed E-state index contributed by atoms with van der Waals surface area (Å²) in [6.07, 6.45) is -5.88. The maximum Gasteiger partial charge on any atom is 0.397 e. The van der Waals surface area contributed by atoms with Gasteiger partial charge >= 0.3 is 10.4 Å². The molecular weight excluding hydrogens is 248 g/mol. The molecule has 0 bridgehead atoms. The smallest absolute Gasteiger partial charge is 0.394 e. The van der Waals surface area contributed by atoms with Gasteiger partial charge in [0.1, 0.15) is 24.9 Å². The van der Waals surface area contributed by atoms with E-state index in [0.717, 1.165) is 0 Å². The Morgan fingerprint density at radius 2 is 1.75 bits per heavy atom. The van der Waals surface area contributed by atoms with Crippen LogP contribution in [0.1, 0.15) is 0 Å². The van der Waals surface area contributed by atoms with E-state index in [-0.39, 0.29) is 0 Å². The summed E-state index contributed by atoms with van der Waals surface area (Å²) >= 11 is 0. The third kappa shape index (κ3) is 5.46. The number of hydrogen-bond acceptors (Lipinski definition) is 8. The molecule has 0 aromatic carbocycles. The lowest BCUT2D eigenvalue weighted by Crippen LogP contribution is -2.45. The van der Waals surface area contributed by atoms with Crippen LogP contribution in [0.15, 0.2) is 0 Å². The molecular formula is C6H12O9S. The molecule has 0 aromatic rings. The first-order valence-electron chi connectivity index (χ1n) is 3.98. The third-order valence-corrected chi connectivity index (χ3v) is 2.00. The van der Waals surface area contributed by atoms with Crippen LogP contribution in [0.2, 0.25) is 0 Å². The molecule has 3 atom stereocenters. The summed E-state index contributed by atoms with van der Waals surface area (Å²) in [5.74, 6) is -1.28. The fourth-order valence-corrected chi connectivity index (χ4v) is 0.992. The average molecular weight is 260 g/mol. The normalized spacial score (nSPS) is 17.8. The number of rotatable bonds is 7. The van der Waals surface area contributed by atoms with E-state index in [0.29, 0.717) is 0 Å². The second kappa shape index (κ2) is 6.20. The average Bonchev–Trinajstić information content (AvgIpc) is 2.21. The van der Waals surface area contributed by atoms with Gasteiger partial charge in [-0.25, -0.2) is 4.18 Å². The molecule has 0 heterocycles. The van der Waals surface area contributed by atoms with E-state index in [1.807, 2.05) is 0 Å². The van der Waals surface area contributed by atoms with E-state index in [4.69, 9.17) is 25.0 Å². The largest absolute Gasteiger partial charge is 0.397 e. The van der Waals surface area contributed by atoms with Crippen LogP contribution < -0.4 is 0 Å². The lowest BCUT2D eigenvalue weighted by molar-refractivity contribution is -0.142. The minimum Gasteiger partial charge on any atom is -0.394 e. The van der Waals surface area contributed by atoms with E-state index in [1.165, 1.54) is 0 Å². The fraction of sp³-hybridized carbons (Fsp3) is 0.833. The highest BCUT2D eigenvalue weighted by Gasteiger charge is 2.30. The van der Waals surface area contributed by atoms with Crippen LogP contribution in [0.3, 0.4) is 0 Å². The van der Waals surface area contributed by atoms with Gasteiger partial charge in [-0.1, -0.05) is 0 Å². The van der Waals surface area contributed by atoms with Gasteiger partial charge in [0.2, 0.25) is 0 Å². The van der Waals surface area contributed by atoms with E-state index in [2.05, 4.69) is 4.18 Å². The SMILES string of the molecule is O=C(COS(=O)(=O)O)[C@@H](O)[C@H](O)[C@H](O)CO. The molecule has 0 unspecified atom stereocenters. The van der Waals surface area contributed by atoms with Gasteiger partial charge in [0.25, 0.3) is 0 Å². The number of hydrogen-bond donors (Lipinski definition) is 5. The molecule has 0 aliphatic rings. The molecule has 0 aromatic heterocycles. The first kappa shape index (κ1) is 15.4. The molecule has 0 fully saturated rings. The van der Waals surface area contributed by atoms with Crippen molar-refractivity contribution < 1.29 is 42.4 Å². The Morgan fingerprint density at radius 1 is 1.25 bits per heavy atom. The van der Waals surface area contributed by atoms with Gasteiger partial charge in [-0.05, 0) is 0 Å². The summed E-state index contributed by atoms with van der Waals surface area (Å²) in [6.45, 7) is -2.10. The number of ketones is 1.